The number of aryl methyl sites for hydroxylation is 1. The highest BCUT2D eigenvalue weighted by molar-refractivity contribution is 5.94. The molecule has 20 heavy (non-hydrogen) atoms. The van der Waals surface area contributed by atoms with E-state index < -0.39 is 0 Å². The standard InChI is InChI=1S/C15H19N3O2/c1-11-10-12(2-3-14(11)19)15(20)17-13-4-7-18(8-5-13)9-6-16/h2-3,10,13,19H,4-5,7-9H2,1H3,(H,17,20). The number of aromatic hydroxyl groups is 1. The number of piperidine rings is 1. The Morgan fingerprint density at radius 1 is 1.50 bits per heavy atom. The van der Waals surface area contributed by atoms with Gasteiger partial charge in [0.15, 0.2) is 0 Å². The molecule has 1 heterocycles. The Morgan fingerprint density at radius 2 is 2.20 bits per heavy atom. The van der Waals surface area contributed by atoms with Gasteiger partial charge in [0.1, 0.15) is 5.75 Å². The van der Waals surface area contributed by atoms with E-state index in [1.54, 1.807) is 25.1 Å². The Balaban J connectivity index is 1.89. The van der Waals surface area contributed by atoms with Gasteiger partial charge in [0.25, 0.3) is 5.91 Å². The van der Waals surface area contributed by atoms with E-state index in [1.807, 2.05) is 0 Å². The highest BCUT2D eigenvalue weighted by Crippen LogP contribution is 2.17. The van der Waals surface area contributed by atoms with Gasteiger partial charge < -0.3 is 10.4 Å². The van der Waals surface area contributed by atoms with E-state index in [9.17, 15) is 9.90 Å². The van der Waals surface area contributed by atoms with Crippen LogP contribution in [-0.2, 0) is 0 Å². The number of nitrogens with one attached hydrogen (secondary N) is 1. The number of hydrogen-bond donors (Lipinski definition) is 2. The molecule has 1 saturated heterocycles. The van der Waals surface area contributed by atoms with Crippen molar-refractivity contribution in [2.24, 2.45) is 0 Å². The van der Waals surface area contributed by atoms with Gasteiger partial charge in [-0.3, -0.25) is 9.69 Å². The zero-order valence-corrected chi connectivity index (χ0v) is 11.6. The Hall–Kier alpha value is -2.06. The first-order chi connectivity index (χ1) is 9.60. The Morgan fingerprint density at radius 3 is 2.80 bits per heavy atom. The SMILES string of the molecule is Cc1cc(C(=O)NC2CCN(CC#N)CC2)ccc1O. The largest absolute Gasteiger partial charge is 0.508 e. The topological polar surface area (TPSA) is 76.4 Å². The van der Waals surface area contributed by atoms with E-state index in [0.29, 0.717) is 17.7 Å². The van der Waals surface area contributed by atoms with Gasteiger partial charge in [-0.2, -0.15) is 5.26 Å². The lowest BCUT2D eigenvalue weighted by molar-refractivity contribution is 0.0914. The molecule has 2 rings (SSSR count). The normalized spacial score (nSPS) is 16.6. The first kappa shape index (κ1) is 14.4. The zero-order valence-electron chi connectivity index (χ0n) is 11.6. The van der Waals surface area contributed by atoms with Crippen LogP contribution in [0.25, 0.3) is 0 Å². The van der Waals surface area contributed by atoms with Gasteiger partial charge in [0.2, 0.25) is 0 Å². The molecule has 0 aliphatic carbocycles. The van der Waals surface area contributed by atoms with Crippen molar-refractivity contribution in [3.63, 3.8) is 0 Å². The van der Waals surface area contributed by atoms with Crippen molar-refractivity contribution in [1.82, 2.24) is 10.2 Å². The second-order valence-corrected chi connectivity index (χ2v) is 5.18. The lowest BCUT2D eigenvalue weighted by Crippen LogP contribution is -2.44. The predicted molar refractivity (Wildman–Crippen MR) is 75.4 cm³/mol. The minimum absolute atomic E-state index is 0.105. The van der Waals surface area contributed by atoms with Crippen molar-refractivity contribution in [1.29, 1.82) is 5.26 Å². The van der Waals surface area contributed by atoms with Gasteiger partial charge in [-0.05, 0) is 43.5 Å². The van der Waals surface area contributed by atoms with Crippen LogP contribution in [0.15, 0.2) is 18.2 Å². The summed E-state index contributed by atoms with van der Waals surface area (Å²) >= 11 is 0. The maximum Gasteiger partial charge on any atom is 0.251 e. The molecule has 2 N–H and O–H groups in total. The second kappa shape index (κ2) is 6.40. The third-order valence-corrected chi connectivity index (χ3v) is 3.68. The fourth-order valence-corrected chi connectivity index (χ4v) is 2.40. The van der Waals surface area contributed by atoms with Crippen molar-refractivity contribution < 1.29 is 9.90 Å². The van der Waals surface area contributed by atoms with Crippen molar-refractivity contribution in [2.75, 3.05) is 19.6 Å². The number of phenols is 1. The van der Waals surface area contributed by atoms with Gasteiger partial charge in [-0.15, -0.1) is 0 Å². The molecular formula is C15H19N3O2. The maximum atomic E-state index is 12.1. The number of carbonyl (C=O) groups excluding carboxylic acids is 1. The molecule has 0 atom stereocenters. The van der Waals surface area contributed by atoms with E-state index in [2.05, 4.69) is 16.3 Å². The van der Waals surface area contributed by atoms with Crippen LogP contribution in [0.2, 0.25) is 0 Å². The summed E-state index contributed by atoms with van der Waals surface area (Å²) in [5.41, 5.74) is 1.27. The van der Waals surface area contributed by atoms with Gasteiger partial charge in [0.05, 0.1) is 12.6 Å². The van der Waals surface area contributed by atoms with Crippen molar-refractivity contribution in [2.45, 2.75) is 25.8 Å². The van der Waals surface area contributed by atoms with Crippen molar-refractivity contribution >= 4 is 5.91 Å². The zero-order chi connectivity index (χ0) is 14.5. The van der Waals surface area contributed by atoms with Crippen LogP contribution < -0.4 is 5.32 Å². The molecule has 0 unspecified atom stereocenters. The molecule has 0 spiro atoms. The fraction of sp³-hybridized carbons (Fsp3) is 0.467. The molecule has 1 amide bonds. The quantitative estimate of drug-likeness (QED) is 0.817. The first-order valence-corrected chi connectivity index (χ1v) is 6.80. The number of amides is 1. The number of nitrogens with zero attached hydrogens (tertiary/aromatic N) is 2. The van der Waals surface area contributed by atoms with Crippen LogP contribution >= 0.6 is 0 Å². The average Bonchev–Trinajstić information content (AvgIpc) is 2.44. The summed E-state index contributed by atoms with van der Waals surface area (Å²) in [5.74, 6) is 0.0956. The van der Waals surface area contributed by atoms with Crippen LogP contribution in [-0.4, -0.2) is 41.6 Å². The maximum absolute atomic E-state index is 12.1. The third-order valence-electron chi connectivity index (χ3n) is 3.68. The minimum atomic E-state index is -0.105. The molecular weight excluding hydrogens is 254 g/mol. The molecule has 5 nitrogen and oxygen atoms in total. The van der Waals surface area contributed by atoms with E-state index in [4.69, 9.17) is 5.26 Å². The van der Waals surface area contributed by atoms with Crippen LogP contribution in [0.4, 0.5) is 0 Å². The monoisotopic (exact) mass is 273 g/mol. The predicted octanol–water partition coefficient (Wildman–Crippen LogP) is 1.42. The number of nitriles is 1. The second-order valence-electron chi connectivity index (χ2n) is 5.18. The number of carbonyl (C=O) groups is 1. The van der Waals surface area contributed by atoms with Gasteiger partial charge in [0, 0.05) is 24.7 Å². The molecule has 0 radical (unpaired) electrons. The number of phenolic OH excluding ortho intramolecular Hbond substituents is 1. The van der Waals surface area contributed by atoms with E-state index in [0.717, 1.165) is 25.9 Å². The van der Waals surface area contributed by atoms with Crippen LogP contribution in [0, 0.1) is 18.3 Å². The van der Waals surface area contributed by atoms with E-state index in [-0.39, 0.29) is 17.7 Å². The number of rotatable bonds is 3. The Bertz CT molecular complexity index is 528. The highest BCUT2D eigenvalue weighted by atomic mass is 16.3. The lowest BCUT2D eigenvalue weighted by atomic mass is 10.0. The summed E-state index contributed by atoms with van der Waals surface area (Å²) in [4.78, 5) is 14.2. The van der Waals surface area contributed by atoms with Crippen molar-refractivity contribution in [3.8, 4) is 11.8 Å². The summed E-state index contributed by atoms with van der Waals surface area (Å²) < 4.78 is 0. The first-order valence-electron chi connectivity index (χ1n) is 6.80. The highest BCUT2D eigenvalue weighted by Gasteiger charge is 2.20. The number of hydrogen-bond acceptors (Lipinski definition) is 4. The van der Waals surface area contributed by atoms with Gasteiger partial charge in [-0.1, -0.05) is 0 Å². The minimum Gasteiger partial charge on any atom is -0.508 e. The van der Waals surface area contributed by atoms with Crippen LogP contribution in [0.5, 0.6) is 5.75 Å². The smallest absolute Gasteiger partial charge is 0.251 e. The molecule has 0 aromatic heterocycles. The molecule has 5 heteroatoms. The molecule has 0 saturated carbocycles. The molecule has 1 fully saturated rings. The van der Waals surface area contributed by atoms with Gasteiger partial charge >= 0.3 is 0 Å². The number of benzene rings is 1. The molecule has 1 aromatic rings. The Labute approximate surface area is 118 Å². The molecule has 1 aliphatic heterocycles. The summed E-state index contributed by atoms with van der Waals surface area (Å²) in [6, 6.07) is 7.16. The molecule has 1 aliphatic rings. The van der Waals surface area contributed by atoms with Gasteiger partial charge in [-0.25, -0.2) is 0 Å². The van der Waals surface area contributed by atoms with Crippen molar-refractivity contribution in [3.05, 3.63) is 29.3 Å². The van der Waals surface area contributed by atoms with E-state index in [1.165, 1.54) is 0 Å². The Kier molecular flexibility index (Phi) is 4.59. The molecule has 0 bridgehead atoms. The third kappa shape index (κ3) is 3.49. The van der Waals surface area contributed by atoms with Crippen LogP contribution in [0.1, 0.15) is 28.8 Å². The van der Waals surface area contributed by atoms with E-state index >= 15 is 0 Å². The molecule has 106 valence electrons. The van der Waals surface area contributed by atoms with Crippen LogP contribution in [0.3, 0.4) is 0 Å². The lowest BCUT2D eigenvalue weighted by Gasteiger charge is -2.30. The number of likely N-dealkylation sites (tertiary alicyclic amines) is 1. The average molecular weight is 273 g/mol. The summed E-state index contributed by atoms with van der Waals surface area (Å²) in [6.07, 6.45) is 1.73. The molecule has 1 aromatic carbocycles. The summed E-state index contributed by atoms with van der Waals surface area (Å²) in [6.45, 7) is 3.91. The summed E-state index contributed by atoms with van der Waals surface area (Å²) in [5, 5.41) is 21.1. The fourth-order valence-electron chi connectivity index (χ4n) is 2.40. The summed E-state index contributed by atoms with van der Waals surface area (Å²) in [7, 11) is 0.